The summed E-state index contributed by atoms with van der Waals surface area (Å²) < 4.78 is 17.4. The molecule has 1 heterocycles. The minimum absolute atomic E-state index is 0.283. The molecule has 5 heteroatoms. The maximum Gasteiger partial charge on any atom is 0.230 e. The van der Waals surface area contributed by atoms with Gasteiger partial charge in [0.2, 0.25) is 11.8 Å². The molecule has 0 aromatic carbocycles. The summed E-state index contributed by atoms with van der Waals surface area (Å²) in [7, 11) is 1.51. The van der Waals surface area contributed by atoms with E-state index in [2.05, 4.69) is 10.3 Å². The lowest BCUT2D eigenvalue weighted by molar-refractivity contribution is -0.117. The topological polar surface area (TPSA) is 51.2 Å². The van der Waals surface area contributed by atoms with Crippen molar-refractivity contribution in [3.05, 3.63) is 18.3 Å². The Morgan fingerprint density at radius 2 is 2.40 bits per heavy atom. The Hall–Kier alpha value is -1.65. The lowest BCUT2D eigenvalue weighted by Gasteiger charge is -2.04. The molecule has 2 atom stereocenters. The molecule has 1 amide bonds. The Morgan fingerprint density at radius 3 is 2.87 bits per heavy atom. The van der Waals surface area contributed by atoms with E-state index in [4.69, 9.17) is 4.74 Å². The van der Waals surface area contributed by atoms with Gasteiger partial charge in [0.1, 0.15) is 6.17 Å². The highest BCUT2D eigenvalue weighted by Crippen LogP contribution is 2.34. The molecule has 0 aliphatic heterocycles. The van der Waals surface area contributed by atoms with Crippen LogP contribution in [-0.4, -0.2) is 24.2 Å². The molecule has 0 radical (unpaired) electrons. The Balaban J connectivity index is 1.95. The van der Waals surface area contributed by atoms with Gasteiger partial charge in [-0.25, -0.2) is 9.37 Å². The molecular weight excluding hydrogens is 199 g/mol. The monoisotopic (exact) mass is 210 g/mol. The number of ether oxygens (including phenoxy) is 1. The van der Waals surface area contributed by atoms with Gasteiger partial charge in [0.05, 0.1) is 24.9 Å². The molecule has 4 nitrogen and oxygen atoms in total. The number of amides is 1. The van der Waals surface area contributed by atoms with Crippen molar-refractivity contribution in [1.82, 2.24) is 4.98 Å². The van der Waals surface area contributed by atoms with Crippen LogP contribution < -0.4 is 10.1 Å². The zero-order chi connectivity index (χ0) is 10.8. The highest BCUT2D eigenvalue weighted by molar-refractivity contribution is 5.94. The number of alkyl halides is 1. The summed E-state index contributed by atoms with van der Waals surface area (Å²) in [5.74, 6) is -0.288. The van der Waals surface area contributed by atoms with Crippen LogP contribution in [0.4, 0.5) is 10.1 Å². The van der Waals surface area contributed by atoms with Gasteiger partial charge < -0.3 is 10.1 Å². The maximum atomic E-state index is 12.6. The van der Waals surface area contributed by atoms with Gasteiger partial charge in [0.15, 0.2) is 0 Å². The predicted molar refractivity (Wildman–Crippen MR) is 52.4 cm³/mol. The molecule has 1 aromatic heterocycles. The minimum atomic E-state index is -0.976. The van der Waals surface area contributed by atoms with E-state index in [1.807, 2.05) is 0 Å². The van der Waals surface area contributed by atoms with Crippen LogP contribution in [0.1, 0.15) is 6.42 Å². The third-order valence-corrected chi connectivity index (χ3v) is 2.26. The number of hydrogen-bond donors (Lipinski definition) is 1. The van der Waals surface area contributed by atoms with E-state index in [0.717, 1.165) is 0 Å². The molecule has 1 fully saturated rings. The normalized spacial score (nSPS) is 23.3. The maximum absolute atomic E-state index is 12.6. The third-order valence-electron chi connectivity index (χ3n) is 2.26. The number of methoxy groups -OCH3 is 1. The number of hydrogen-bond acceptors (Lipinski definition) is 3. The van der Waals surface area contributed by atoms with Crippen LogP contribution in [0.5, 0.6) is 5.88 Å². The number of carbonyl (C=O) groups is 1. The Morgan fingerprint density at radius 1 is 1.67 bits per heavy atom. The Labute approximate surface area is 86.5 Å². The molecule has 1 aliphatic carbocycles. The van der Waals surface area contributed by atoms with E-state index in [-0.39, 0.29) is 5.91 Å². The van der Waals surface area contributed by atoms with E-state index in [0.29, 0.717) is 18.0 Å². The van der Waals surface area contributed by atoms with Crippen molar-refractivity contribution in [3.8, 4) is 5.88 Å². The second-order valence-corrected chi connectivity index (χ2v) is 3.44. The van der Waals surface area contributed by atoms with Gasteiger partial charge in [-0.1, -0.05) is 0 Å². The van der Waals surface area contributed by atoms with Crippen LogP contribution >= 0.6 is 0 Å². The highest BCUT2D eigenvalue weighted by Gasteiger charge is 2.43. The van der Waals surface area contributed by atoms with Gasteiger partial charge in [-0.3, -0.25) is 4.79 Å². The second kappa shape index (κ2) is 3.84. The summed E-state index contributed by atoms with van der Waals surface area (Å²) in [5, 5.41) is 2.59. The van der Waals surface area contributed by atoms with Crippen LogP contribution in [0, 0.1) is 5.92 Å². The summed E-state index contributed by atoms with van der Waals surface area (Å²) in [6.45, 7) is 0. The average Bonchev–Trinajstić information content (AvgIpc) is 2.97. The fourth-order valence-corrected chi connectivity index (χ4v) is 1.25. The van der Waals surface area contributed by atoms with Crippen LogP contribution in [0.3, 0.4) is 0 Å². The molecule has 1 N–H and O–H groups in total. The van der Waals surface area contributed by atoms with Crippen LogP contribution in [0.15, 0.2) is 18.3 Å². The van der Waals surface area contributed by atoms with Crippen molar-refractivity contribution in [1.29, 1.82) is 0 Å². The van der Waals surface area contributed by atoms with Gasteiger partial charge >= 0.3 is 0 Å². The molecule has 1 aliphatic rings. The number of nitrogens with one attached hydrogen (secondary N) is 1. The molecule has 0 spiro atoms. The summed E-state index contributed by atoms with van der Waals surface area (Å²) in [4.78, 5) is 15.2. The third kappa shape index (κ3) is 2.23. The summed E-state index contributed by atoms with van der Waals surface area (Å²) in [6.07, 6.45) is 0.832. The zero-order valence-corrected chi connectivity index (χ0v) is 8.24. The largest absolute Gasteiger partial charge is 0.481 e. The SMILES string of the molecule is COc1ccc(NC(=O)[C@H]2C[C@H]2F)cn1. The van der Waals surface area contributed by atoms with Gasteiger partial charge in [-0.15, -0.1) is 0 Å². The number of nitrogens with zero attached hydrogens (tertiary/aromatic N) is 1. The van der Waals surface area contributed by atoms with Crippen molar-refractivity contribution in [3.63, 3.8) is 0 Å². The molecule has 80 valence electrons. The van der Waals surface area contributed by atoms with Gasteiger partial charge in [-0.05, 0) is 12.5 Å². The zero-order valence-electron chi connectivity index (χ0n) is 8.24. The first-order valence-corrected chi connectivity index (χ1v) is 4.65. The van der Waals surface area contributed by atoms with Crippen molar-refractivity contribution in [2.45, 2.75) is 12.6 Å². The van der Waals surface area contributed by atoms with Crippen molar-refractivity contribution in [2.24, 2.45) is 5.92 Å². The number of pyridine rings is 1. The van der Waals surface area contributed by atoms with E-state index >= 15 is 0 Å². The van der Waals surface area contributed by atoms with Crippen molar-refractivity contribution < 1.29 is 13.9 Å². The Kier molecular flexibility index (Phi) is 2.53. The highest BCUT2D eigenvalue weighted by atomic mass is 19.1. The molecule has 0 unspecified atom stereocenters. The quantitative estimate of drug-likeness (QED) is 0.820. The molecule has 15 heavy (non-hydrogen) atoms. The van der Waals surface area contributed by atoms with E-state index in [9.17, 15) is 9.18 Å². The van der Waals surface area contributed by atoms with Gasteiger partial charge in [0.25, 0.3) is 0 Å². The molecule has 2 rings (SSSR count). The van der Waals surface area contributed by atoms with Crippen LogP contribution in [-0.2, 0) is 4.79 Å². The standard InChI is InChI=1S/C10H11FN2O2/c1-15-9-3-2-6(5-12-9)13-10(14)7-4-8(7)11/h2-3,5,7-8H,4H2,1H3,(H,13,14)/t7-,8+/m0/s1. The molecule has 1 saturated carbocycles. The first-order valence-electron chi connectivity index (χ1n) is 4.65. The second-order valence-electron chi connectivity index (χ2n) is 3.44. The van der Waals surface area contributed by atoms with E-state index < -0.39 is 12.1 Å². The van der Waals surface area contributed by atoms with Crippen molar-refractivity contribution in [2.75, 3.05) is 12.4 Å². The summed E-state index contributed by atoms with van der Waals surface area (Å²) in [6, 6.07) is 3.30. The Bertz CT molecular complexity index is 366. The predicted octanol–water partition coefficient (Wildman–Crippen LogP) is 1.39. The fraction of sp³-hybridized carbons (Fsp3) is 0.400. The minimum Gasteiger partial charge on any atom is -0.481 e. The van der Waals surface area contributed by atoms with Gasteiger partial charge in [-0.2, -0.15) is 0 Å². The number of rotatable bonds is 3. The first kappa shape index (κ1) is 9.89. The van der Waals surface area contributed by atoms with Gasteiger partial charge in [0, 0.05) is 6.07 Å². The molecular formula is C10H11FN2O2. The molecule has 0 saturated heterocycles. The van der Waals surface area contributed by atoms with E-state index in [1.54, 1.807) is 12.1 Å². The molecule has 0 bridgehead atoms. The van der Waals surface area contributed by atoms with Crippen LogP contribution in [0.2, 0.25) is 0 Å². The average molecular weight is 210 g/mol. The lowest BCUT2D eigenvalue weighted by Crippen LogP contribution is -2.15. The van der Waals surface area contributed by atoms with Crippen molar-refractivity contribution >= 4 is 11.6 Å². The lowest BCUT2D eigenvalue weighted by atomic mass is 10.3. The summed E-state index contributed by atoms with van der Waals surface area (Å²) in [5.41, 5.74) is 0.555. The smallest absolute Gasteiger partial charge is 0.230 e. The number of halogens is 1. The van der Waals surface area contributed by atoms with Crippen LogP contribution in [0.25, 0.3) is 0 Å². The fourth-order valence-electron chi connectivity index (χ4n) is 1.25. The summed E-state index contributed by atoms with van der Waals surface area (Å²) >= 11 is 0. The van der Waals surface area contributed by atoms with E-state index in [1.165, 1.54) is 13.3 Å². The first-order chi connectivity index (χ1) is 7.20. The number of anilines is 1. The number of aromatic nitrogens is 1. The number of carbonyl (C=O) groups excluding carboxylic acids is 1. The molecule has 1 aromatic rings.